The highest BCUT2D eigenvalue weighted by Crippen LogP contribution is 2.38. The first kappa shape index (κ1) is 30.9. The minimum atomic E-state index is -0.780. The molecule has 2 aromatic carbocycles. The molecule has 5 aromatic rings. The van der Waals surface area contributed by atoms with E-state index in [1.807, 2.05) is 61.9 Å². The van der Waals surface area contributed by atoms with Crippen LogP contribution in [0.25, 0.3) is 38.7 Å². The Kier molecular flexibility index (Phi) is 8.22. The van der Waals surface area contributed by atoms with Crippen molar-refractivity contribution in [2.45, 2.75) is 65.1 Å². The summed E-state index contributed by atoms with van der Waals surface area (Å²) >= 11 is 1.42. The van der Waals surface area contributed by atoms with E-state index in [1.54, 1.807) is 30.0 Å². The zero-order valence-electron chi connectivity index (χ0n) is 26.0. The van der Waals surface area contributed by atoms with Crippen LogP contribution in [0, 0.1) is 18.6 Å². The van der Waals surface area contributed by atoms with Gasteiger partial charge in [-0.1, -0.05) is 19.1 Å². The molecule has 1 amide bonds. The van der Waals surface area contributed by atoms with Gasteiger partial charge in [0.2, 0.25) is 0 Å². The van der Waals surface area contributed by atoms with E-state index in [1.165, 1.54) is 23.5 Å². The van der Waals surface area contributed by atoms with Crippen LogP contribution < -0.4 is 0 Å². The summed E-state index contributed by atoms with van der Waals surface area (Å²) in [6.45, 7) is 9.83. The summed E-state index contributed by atoms with van der Waals surface area (Å²) in [6.07, 6.45) is 1.90. The highest BCUT2D eigenvalue weighted by molar-refractivity contribution is 7.13. The first-order valence-corrected chi connectivity index (χ1v) is 16.0. The number of rotatable bonds is 5. The number of β-amino-alcohol motifs (C(OH)–C–C–N with tert-alkyl or cyclic N) is 1. The second-order valence-electron chi connectivity index (χ2n) is 12.5. The molecule has 2 atom stereocenters. The van der Waals surface area contributed by atoms with E-state index in [9.17, 15) is 14.3 Å². The van der Waals surface area contributed by atoms with Crippen LogP contribution in [0.4, 0.5) is 13.6 Å². The molecular weight excluding hydrogens is 594 g/mol. The largest absolute Gasteiger partial charge is 0.444 e. The Labute approximate surface area is 265 Å². The molecule has 4 heterocycles. The number of imidazole rings is 1. The van der Waals surface area contributed by atoms with Gasteiger partial charge in [-0.25, -0.2) is 23.5 Å². The summed E-state index contributed by atoms with van der Waals surface area (Å²) in [5.41, 5.74) is 5.53. The standard InChI is InChI=1S/C35H36F2N4O3S/c1-6-27-32(26-13-12-24(20(2)31(26)37)33-39-28(19-45-33)21-7-10-23(36)11-8-21)41-17-22(9-14-30(41)38-27)25-15-16-40(18-29(25)42)34(43)44-35(3,4)5/h7-14,17,19,25,29,42H,6,15-16,18H2,1-5H3. The molecule has 10 heteroatoms. The lowest BCUT2D eigenvalue weighted by molar-refractivity contribution is -0.00155. The Balaban J connectivity index is 1.32. The number of likely N-dealkylation sites (tertiary alicyclic amines) is 1. The van der Waals surface area contributed by atoms with Crippen LogP contribution in [0.5, 0.6) is 0 Å². The molecule has 6 rings (SSSR count). The van der Waals surface area contributed by atoms with Gasteiger partial charge in [0.15, 0.2) is 0 Å². The Morgan fingerprint density at radius 1 is 1.07 bits per heavy atom. The van der Waals surface area contributed by atoms with Gasteiger partial charge in [0.25, 0.3) is 0 Å². The van der Waals surface area contributed by atoms with Crippen LogP contribution in [-0.4, -0.2) is 55.3 Å². The number of amides is 1. The zero-order chi connectivity index (χ0) is 32.0. The number of ether oxygens (including phenoxy) is 1. The van der Waals surface area contributed by atoms with E-state index in [4.69, 9.17) is 14.7 Å². The summed E-state index contributed by atoms with van der Waals surface area (Å²) < 4.78 is 37.1. The number of hydrogen-bond donors (Lipinski definition) is 1. The number of aromatic nitrogens is 3. The Morgan fingerprint density at radius 2 is 1.80 bits per heavy atom. The van der Waals surface area contributed by atoms with Crippen molar-refractivity contribution < 1.29 is 23.4 Å². The summed E-state index contributed by atoms with van der Waals surface area (Å²) in [7, 11) is 0. The van der Waals surface area contributed by atoms with E-state index < -0.39 is 17.8 Å². The number of halogens is 2. The fourth-order valence-corrected chi connectivity index (χ4v) is 6.84. The van der Waals surface area contributed by atoms with E-state index in [0.29, 0.717) is 58.1 Å². The molecule has 1 aliphatic rings. The molecule has 1 aliphatic heterocycles. The first-order valence-electron chi connectivity index (χ1n) is 15.1. The third kappa shape index (κ3) is 6.09. The molecule has 0 saturated carbocycles. The Morgan fingerprint density at radius 3 is 2.49 bits per heavy atom. The fourth-order valence-electron chi connectivity index (χ4n) is 5.92. The highest BCUT2D eigenvalue weighted by Gasteiger charge is 2.34. The smallest absolute Gasteiger partial charge is 0.410 e. The normalized spacial score (nSPS) is 17.2. The summed E-state index contributed by atoms with van der Waals surface area (Å²) in [4.78, 5) is 23.7. The van der Waals surface area contributed by atoms with Crippen LogP contribution in [0.3, 0.4) is 0 Å². The number of nitrogens with zero attached hydrogens (tertiary/aromatic N) is 4. The molecular formula is C35H36F2N4O3S. The van der Waals surface area contributed by atoms with Gasteiger partial charge in [0.1, 0.15) is 27.9 Å². The molecule has 234 valence electrons. The number of fused-ring (bicyclic) bond motifs is 1. The number of hydrogen-bond acceptors (Lipinski definition) is 6. The number of carbonyl (C=O) groups excluding carboxylic acids is 1. The van der Waals surface area contributed by atoms with E-state index in [-0.39, 0.29) is 24.1 Å². The van der Waals surface area contributed by atoms with Crippen molar-refractivity contribution in [3.63, 3.8) is 0 Å². The lowest BCUT2D eigenvalue weighted by Gasteiger charge is -2.36. The molecule has 1 fully saturated rings. The number of carbonyl (C=O) groups is 1. The van der Waals surface area contributed by atoms with Gasteiger partial charge in [-0.15, -0.1) is 11.3 Å². The predicted molar refractivity (Wildman–Crippen MR) is 172 cm³/mol. The van der Waals surface area contributed by atoms with Crippen molar-refractivity contribution in [1.82, 2.24) is 19.3 Å². The summed E-state index contributed by atoms with van der Waals surface area (Å²) in [6, 6.07) is 13.7. The van der Waals surface area contributed by atoms with Crippen molar-refractivity contribution in [3.8, 4) is 33.1 Å². The van der Waals surface area contributed by atoms with Gasteiger partial charge >= 0.3 is 6.09 Å². The van der Waals surface area contributed by atoms with E-state index in [2.05, 4.69) is 0 Å². The fraction of sp³-hybridized carbons (Fsp3) is 0.343. The minimum absolute atomic E-state index is 0.170. The maximum Gasteiger partial charge on any atom is 0.410 e. The van der Waals surface area contributed by atoms with Crippen LogP contribution in [0.2, 0.25) is 0 Å². The average Bonchev–Trinajstić information content (AvgIpc) is 3.63. The molecule has 2 unspecified atom stereocenters. The third-order valence-electron chi connectivity index (χ3n) is 8.23. The number of aryl methyl sites for hydroxylation is 1. The van der Waals surface area contributed by atoms with Crippen molar-refractivity contribution in [1.29, 1.82) is 0 Å². The second-order valence-corrected chi connectivity index (χ2v) is 13.3. The van der Waals surface area contributed by atoms with Gasteiger partial charge in [0.05, 0.1) is 29.7 Å². The van der Waals surface area contributed by atoms with Gasteiger partial charge < -0.3 is 14.7 Å². The highest BCUT2D eigenvalue weighted by atomic mass is 32.1. The average molecular weight is 631 g/mol. The molecule has 45 heavy (non-hydrogen) atoms. The van der Waals surface area contributed by atoms with E-state index in [0.717, 1.165) is 16.8 Å². The number of pyridine rings is 1. The predicted octanol–water partition coefficient (Wildman–Crippen LogP) is 8.03. The number of thiazole rings is 1. The van der Waals surface area contributed by atoms with Crippen LogP contribution in [-0.2, 0) is 11.2 Å². The van der Waals surface area contributed by atoms with Gasteiger partial charge in [-0.05, 0) is 88.1 Å². The first-order chi connectivity index (χ1) is 21.4. The van der Waals surface area contributed by atoms with E-state index >= 15 is 4.39 Å². The molecule has 7 nitrogen and oxygen atoms in total. The van der Waals surface area contributed by atoms with Gasteiger partial charge in [0, 0.05) is 40.7 Å². The quantitative estimate of drug-likeness (QED) is 0.213. The maximum absolute atomic E-state index is 16.3. The molecule has 1 N–H and O–H groups in total. The lowest BCUT2D eigenvalue weighted by atomic mass is 9.88. The SMILES string of the molecule is CCc1nc2ccc(C3CCN(C(=O)OC(C)(C)C)CC3O)cn2c1-c1ccc(-c2nc(-c3ccc(F)cc3)cs2)c(C)c1F. The summed E-state index contributed by atoms with van der Waals surface area (Å²) in [5.74, 6) is -0.866. The number of benzene rings is 2. The van der Waals surface area contributed by atoms with Crippen molar-refractivity contribution >= 4 is 23.1 Å². The number of aliphatic hydroxyl groups excluding tert-OH is 1. The molecule has 0 spiro atoms. The molecule has 0 radical (unpaired) electrons. The number of piperidine rings is 1. The topological polar surface area (TPSA) is 80.0 Å². The second kappa shape index (κ2) is 12.0. The molecule has 3 aromatic heterocycles. The molecule has 0 bridgehead atoms. The Hall–Kier alpha value is -4.15. The van der Waals surface area contributed by atoms with Crippen molar-refractivity contribution in [2.24, 2.45) is 0 Å². The van der Waals surface area contributed by atoms with Crippen LogP contribution in [0.1, 0.15) is 56.9 Å². The Bertz CT molecular complexity index is 1880. The van der Waals surface area contributed by atoms with Crippen LogP contribution in [0.15, 0.2) is 60.1 Å². The summed E-state index contributed by atoms with van der Waals surface area (Å²) in [5, 5.41) is 13.7. The third-order valence-corrected chi connectivity index (χ3v) is 9.10. The van der Waals surface area contributed by atoms with Crippen molar-refractivity contribution in [3.05, 3.63) is 88.6 Å². The molecule has 1 saturated heterocycles. The lowest BCUT2D eigenvalue weighted by Crippen LogP contribution is -2.47. The van der Waals surface area contributed by atoms with Gasteiger partial charge in [-0.3, -0.25) is 4.40 Å². The number of aliphatic hydroxyl groups is 1. The minimum Gasteiger partial charge on any atom is -0.444 e. The van der Waals surface area contributed by atoms with Crippen molar-refractivity contribution in [2.75, 3.05) is 13.1 Å². The van der Waals surface area contributed by atoms with Crippen LogP contribution >= 0.6 is 11.3 Å². The monoisotopic (exact) mass is 630 g/mol. The van der Waals surface area contributed by atoms with Gasteiger partial charge in [-0.2, -0.15) is 0 Å². The molecule has 0 aliphatic carbocycles. The maximum atomic E-state index is 16.3. The zero-order valence-corrected chi connectivity index (χ0v) is 26.8.